The molecule has 1 unspecified atom stereocenters. The van der Waals surface area contributed by atoms with Crippen LogP contribution in [0.1, 0.15) is 30.1 Å². The molecule has 3 aromatic rings. The summed E-state index contributed by atoms with van der Waals surface area (Å²) < 4.78 is 30.2. The van der Waals surface area contributed by atoms with E-state index in [0.717, 1.165) is 6.26 Å². The molecule has 4 rings (SSSR count). The lowest BCUT2D eigenvalue weighted by Crippen LogP contribution is -2.40. The van der Waals surface area contributed by atoms with Crippen LogP contribution in [-0.4, -0.2) is 61.9 Å². The molecule has 32 heavy (non-hydrogen) atoms. The van der Waals surface area contributed by atoms with Crippen LogP contribution >= 0.6 is 0 Å². The van der Waals surface area contributed by atoms with Crippen LogP contribution < -0.4 is 0 Å². The standard InChI is InChI=1S/C22H24N4O5S/c1-3-31-22(28)16-10-12-25(13-11-16)21(27)17-6-9-19-23-24-20(26(19)14-17)15-4-7-18(8-5-15)32(2,29)30/h4-9,14,16H,3,10-13H2,1-2H3. The molecule has 1 aliphatic heterocycles. The third kappa shape index (κ3) is 4.42. The minimum atomic E-state index is -3.30. The van der Waals surface area contributed by atoms with Crippen molar-refractivity contribution >= 4 is 27.7 Å². The van der Waals surface area contributed by atoms with Crippen molar-refractivity contribution in [3.63, 3.8) is 0 Å². The highest BCUT2D eigenvalue weighted by atomic mass is 32.3. The van der Waals surface area contributed by atoms with E-state index in [1.54, 1.807) is 46.7 Å². The van der Waals surface area contributed by atoms with E-state index in [2.05, 4.69) is 10.2 Å². The van der Waals surface area contributed by atoms with Crippen LogP contribution in [0.25, 0.3) is 17.0 Å². The Morgan fingerprint density at radius 2 is 1.81 bits per heavy atom. The maximum absolute atomic E-state index is 13.1. The van der Waals surface area contributed by atoms with Crippen LogP contribution in [-0.2, 0) is 24.0 Å². The molecule has 3 heterocycles. The van der Waals surface area contributed by atoms with Crippen LogP contribution in [0.15, 0.2) is 47.5 Å². The summed E-state index contributed by atoms with van der Waals surface area (Å²) in [5.41, 5.74) is 1.75. The van der Waals surface area contributed by atoms with E-state index in [-0.39, 0.29) is 22.7 Å². The maximum Gasteiger partial charge on any atom is 0.309 e. The summed E-state index contributed by atoms with van der Waals surface area (Å²) in [5.74, 6) is 0.0230. The second kappa shape index (κ2) is 8.79. The normalized spacial score (nSPS) is 16.7. The third-order valence-electron chi connectivity index (χ3n) is 5.59. The largest absolute Gasteiger partial charge is 0.610 e. The van der Waals surface area contributed by atoms with Gasteiger partial charge in [-0.25, -0.2) is 0 Å². The zero-order valence-corrected chi connectivity index (χ0v) is 18.7. The summed E-state index contributed by atoms with van der Waals surface area (Å²) in [6.07, 6.45) is 4.01. The van der Waals surface area contributed by atoms with Gasteiger partial charge in [0.15, 0.2) is 16.4 Å². The highest BCUT2D eigenvalue weighted by Crippen LogP contribution is 2.24. The maximum atomic E-state index is 13.1. The molecule has 1 atom stereocenters. The first-order valence-corrected chi connectivity index (χ1v) is 12.3. The quantitative estimate of drug-likeness (QED) is 0.427. The zero-order chi connectivity index (χ0) is 22.9. The first kappa shape index (κ1) is 22.1. The number of esters is 1. The van der Waals surface area contributed by atoms with Gasteiger partial charge in [0.05, 0.1) is 28.3 Å². The van der Waals surface area contributed by atoms with Crippen LogP contribution in [0.4, 0.5) is 0 Å². The number of hydrogen-bond donors (Lipinski definition) is 0. The summed E-state index contributed by atoms with van der Waals surface area (Å²) in [5, 5.41) is 8.35. The average Bonchev–Trinajstić information content (AvgIpc) is 3.21. The number of pyridine rings is 1. The third-order valence-corrected chi connectivity index (χ3v) is 6.72. The number of aromatic nitrogens is 3. The first-order valence-electron chi connectivity index (χ1n) is 10.4. The average molecular weight is 457 g/mol. The second-order valence-corrected chi connectivity index (χ2v) is 9.80. The Morgan fingerprint density at radius 3 is 2.44 bits per heavy atom. The fraction of sp³-hybridized carbons (Fsp3) is 0.364. The zero-order valence-electron chi connectivity index (χ0n) is 17.9. The number of piperidine rings is 1. The number of hydrogen-bond acceptors (Lipinski definition) is 7. The van der Waals surface area contributed by atoms with Crippen molar-refractivity contribution in [3.05, 3.63) is 48.2 Å². The molecule has 9 nitrogen and oxygen atoms in total. The Morgan fingerprint density at radius 1 is 1.12 bits per heavy atom. The van der Waals surface area contributed by atoms with Crippen LogP contribution in [0.3, 0.4) is 0 Å². The Labute approximate surface area is 186 Å². The molecule has 0 spiro atoms. The number of nitrogens with zero attached hydrogens (tertiary/aromatic N) is 4. The first-order chi connectivity index (χ1) is 15.3. The molecule has 1 fully saturated rings. The van der Waals surface area contributed by atoms with Gasteiger partial charge < -0.3 is 14.2 Å². The summed E-state index contributed by atoms with van der Waals surface area (Å²) in [6, 6.07) is 9.81. The van der Waals surface area contributed by atoms with E-state index in [0.29, 0.717) is 55.1 Å². The number of benzene rings is 1. The molecule has 1 aromatic carbocycles. The van der Waals surface area contributed by atoms with Crippen LogP contribution in [0, 0.1) is 5.92 Å². The fourth-order valence-electron chi connectivity index (χ4n) is 3.83. The number of amides is 1. The number of rotatable bonds is 5. The van der Waals surface area contributed by atoms with E-state index in [1.165, 1.54) is 12.1 Å². The monoisotopic (exact) mass is 456 g/mol. The van der Waals surface area contributed by atoms with Crippen molar-refractivity contribution in [3.8, 4) is 11.4 Å². The molecular weight excluding hydrogens is 432 g/mol. The number of ether oxygens (including phenoxy) is 1. The van der Waals surface area contributed by atoms with E-state index >= 15 is 0 Å². The van der Waals surface area contributed by atoms with Crippen molar-refractivity contribution < 1.29 is 23.1 Å². The Bertz CT molecular complexity index is 1190. The molecule has 1 aliphatic rings. The van der Waals surface area contributed by atoms with Gasteiger partial charge in [-0.2, -0.15) is 0 Å². The predicted molar refractivity (Wildman–Crippen MR) is 117 cm³/mol. The van der Waals surface area contributed by atoms with Crippen LogP contribution in [0.5, 0.6) is 0 Å². The Balaban J connectivity index is 1.55. The minimum absolute atomic E-state index is 0.124. The second-order valence-electron chi connectivity index (χ2n) is 7.78. The molecule has 0 N–H and O–H groups in total. The highest BCUT2D eigenvalue weighted by molar-refractivity contribution is 7.97. The lowest BCUT2D eigenvalue weighted by atomic mass is 9.96. The van der Waals surface area contributed by atoms with E-state index in [4.69, 9.17) is 4.74 Å². The number of sulfone groups is 1. The van der Waals surface area contributed by atoms with E-state index in [9.17, 15) is 18.4 Å². The molecule has 0 radical (unpaired) electrons. The predicted octanol–water partition coefficient (Wildman–Crippen LogP) is 2.43. The lowest BCUT2D eigenvalue weighted by Gasteiger charge is -2.30. The van der Waals surface area contributed by atoms with Crippen molar-refractivity contribution in [1.29, 1.82) is 0 Å². The topological polar surface area (TPSA) is 117 Å². The van der Waals surface area contributed by atoms with Crippen molar-refractivity contribution in [2.45, 2.75) is 24.7 Å². The van der Waals surface area contributed by atoms with Gasteiger partial charge in [0.1, 0.15) is 6.26 Å². The van der Waals surface area contributed by atoms with Crippen molar-refractivity contribution in [2.75, 3.05) is 26.0 Å². The van der Waals surface area contributed by atoms with Gasteiger partial charge >= 0.3 is 5.97 Å². The molecule has 168 valence electrons. The molecule has 2 aromatic heterocycles. The van der Waals surface area contributed by atoms with Gasteiger partial charge in [-0.15, -0.1) is 14.4 Å². The number of carbonyl (C=O) groups excluding carboxylic acids is 2. The van der Waals surface area contributed by atoms with Crippen LogP contribution in [0.2, 0.25) is 0 Å². The SMILES string of the molecule is CCOC(=O)C1CCN(C(=O)c2ccc3nnc(-c4ccc([S+](C)(=O)[O-])cc4)n3c2)CC1. The molecule has 0 bridgehead atoms. The van der Waals surface area contributed by atoms with Gasteiger partial charge in [0.2, 0.25) is 0 Å². The van der Waals surface area contributed by atoms with Crippen molar-refractivity contribution in [1.82, 2.24) is 19.5 Å². The molecular formula is C22H24N4O5S. The van der Waals surface area contributed by atoms with E-state index < -0.39 is 10.2 Å². The van der Waals surface area contributed by atoms with Gasteiger partial charge in [-0.1, -0.05) is 0 Å². The highest BCUT2D eigenvalue weighted by Gasteiger charge is 2.29. The van der Waals surface area contributed by atoms with Gasteiger partial charge in [0.25, 0.3) is 5.91 Å². The lowest BCUT2D eigenvalue weighted by molar-refractivity contribution is -0.149. The van der Waals surface area contributed by atoms with Crippen molar-refractivity contribution in [2.24, 2.45) is 5.92 Å². The van der Waals surface area contributed by atoms with E-state index in [1.807, 2.05) is 0 Å². The minimum Gasteiger partial charge on any atom is -0.610 e. The number of carbonyl (C=O) groups is 2. The Hall–Kier alpha value is -3.11. The Kier molecular flexibility index (Phi) is 6.07. The summed E-state index contributed by atoms with van der Waals surface area (Å²) in [7, 11) is -3.30. The molecule has 1 saturated heterocycles. The summed E-state index contributed by atoms with van der Waals surface area (Å²) >= 11 is 0. The summed E-state index contributed by atoms with van der Waals surface area (Å²) in [4.78, 5) is 27.0. The molecule has 1 amide bonds. The van der Waals surface area contributed by atoms with Gasteiger partial charge in [0, 0.05) is 24.8 Å². The van der Waals surface area contributed by atoms with Gasteiger partial charge in [-0.3, -0.25) is 14.0 Å². The number of likely N-dealkylation sites (tertiary alicyclic amines) is 1. The fourth-order valence-corrected chi connectivity index (χ4v) is 4.46. The smallest absolute Gasteiger partial charge is 0.309 e. The summed E-state index contributed by atoms with van der Waals surface area (Å²) in [6.45, 7) is 3.12. The molecule has 0 aliphatic carbocycles. The van der Waals surface area contributed by atoms with Gasteiger partial charge in [-0.05, 0) is 56.2 Å². The number of fused-ring (bicyclic) bond motifs is 1. The molecule has 10 heteroatoms. The molecule has 0 saturated carbocycles.